The van der Waals surface area contributed by atoms with Gasteiger partial charge in [-0.15, -0.1) is 11.6 Å². The number of aromatic nitrogens is 3. The van der Waals surface area contributed by atoms with Crippen molar-refractivity contribution in [3.05, 3.63) is 48.4 Å². The third kappa shape index (κ3) is 2.24. The van der Waals surface area contributed by atoms with Crippen molar-refractivity contribution in [3.8, 4) is 0 Å². The van der Waals surface area contributed by atoms with E-state index in [1.165, 1.54) is 0 Å². The molecule has 0 saturated heterocycles. The minimum absolute atomic E-state index is 0.229. The fraction of sp³-hybridized carbons (Fsp3) is 0.286. The van der Waals surface area contributed by atoms with Crippen LogP contribution in [0, 0.1) is 0 Å². The van der Waals surface area contributed by atoms with Crippen molar-refractivity contribution in [3.63, 3.8) is 0 Å². The van der Waals surface area contributed by atoms with E-state index in [4.69, 9.17) is 16.0 Å². The highest BCUT2D eigenvalue weighted by Gasteiger charge is 2.16. The number of nitrogens with zero attached hydrogens (tertiary/aromatic N) is 3. The molecule has 3 aromatic heterocycles. The first kappa shape index (κ1) is 12.2. The number of pyridine rings is 1. The molecule has 0 aromatic carbocycles. The third-order valence-corrected chi connectivity index (χ3v) is 3.44. The van der Waals surface area contributed by atoms with Crippen molar-refractivity contribution in [1.82, 2.24) is 14.5 Å². The number of halogens is 1. The van der Waals surface area contributed by atoms with Gasteiger partial charge in [0.05, 0.1) is 23.9 Å². The Labute approximate surface area is 116 Å². The third-order valence-electron chi connectivity index (χ3n) is 3.20. The van der Waals surface area contributed by atoms with E-state index in [0.29, 0.717) is 5.88 Å². The first-order chi connectivity index (χ1) is 9.29. The van der Waals surface area contributed by atoms with Gasteiger partial charge < -0.3 is 8.98 Å². The predicted octanol–water partition coefficient (Wildman–Crippen LogP) is 3.57. The van der Waals surface area contributed by atoms with Gasteiger partial charge in [0.25, 0.3) is 0 Å². The summed E-state index contributed by atoms with van der Waals surface area (Å²) in [6, 6.07) is 6.09. The Hall–Kier alpha value is -1.81. The van der Waals surface area contributed by atoms with Crippen LogP contribution in [0.2, 0.25) is 0 Å². The van der Waals surface area contributed by atoms with Crippen LogP contribution >= 0.6 is 11.6 Å². The second kappa shape index (κ2) is 5.05. The summed E-state index contributed by atoms with van der Waals surface area (Å²) in [6.45, 7) is 2.14. The molecule has 0 N–H and O–H groups in total. The lowest BCUT2D eigenvalue weighted by molar-refractivity contribution is 0.449. The molecule has 0 bridgehead atoms. The van der Waals surface area contributed by atoms with Crippen LogP contribution in [0.5, 0.6) is 0 Å². The number of hydrogen-bond acceptors (Lipinski definition) is 3. The van der Waals surface area contributed by atoms with Gasteiger partial charge in [-0.05, 0) is 25.1 Å². The molecule has 0 spiro atoms. The van der Waals surface area contributed by atoms with E-state index in [2.05, 4.69) is 21.5 Å². The maximum Gasteiger partial charge on any atom is 0.125 e. The molecule has 1 unspecified atom stereocenters. The zero-order valence-electron chi connectivity index (χ0n) is 10.6. The van der Waals surface area contributed by atoms with Gasteiger partial charge in [0.15, 0.2) is 0 Å². The minimum Gasteiger partial charge on any atom is -0.469 e. The molecule has 0 saturated carbocycles. The summed E-state index contributed by atoms with van der Waals surface area (Å²) in [6.07, 6.45) is 6.05. The maximum atomic E-state index is 6.00. The van der Waals surface area contributed by atoms with E-state index >= 15 is 0 Å². The van der Waals surface area contributed by atoms with Crippen molar-refractivity contribution >= 4 is 22.6 Å². The van der Waals surface area contributed by atoms with Gasteiger partial charge in [-0.2, -0.15) is 0 Å². The van der Waals surface area contributed by atoms with E-state index in [1.807, 2.05) is 18.2 Å². The molecule has 0 fully saturated rings. The molecule has 19 heavy (non-hydrogen) atoms. The smallest absolute Gasteiger partial charge is 0.125 e. The van der Waals surface area contributed by atoms with E-state index in [0.717, 1.165) is 29.0 Å². The van der Waals surface area contributed by atoms with E-state index in [1.54, 1.807) is 18.7 Å². The highest BCUT2D eigenvalue weighted by molar-refractivity contribution is 6.16. The molecule has 1 atom stereocenters. The summed E-state index contributed by atoms with van der Waals surface area (Å²) < 4.78 is 7.57. The average Bonchev–Trinajstić information content (AvgIpc) is 3.04. The van der Waals surface area contributed by atoms with Gasteiger partial charge in [0.1, 0.15) is 17.1 Å². The van der Waals surface area contributed by atoms with Crippen LogP contribution in [0.25, 0.3) is 11.0 Å². The van der Waals surface area contributed by atoms with Crippen molar-refractivity contribution in [1.29, 1.82) is 0 Å². The number of alkyl halides is 1. The van der Waals surface area contributed by atoms with E-state index in [9.17, 15) is 0 Å². The molecule has 98 valence electrons. The fourth-order valence-corrected chi connectivity index (χ4v) is 2.59. The molecular formula is C14H14ClN3O. The molecule has 3 heterocycles. The molecule has 0 aliphatic carbocycles. The lowest BCUT2D eigenvalue weighted by Gasteiger charge is -2.15. The Morgan fingerprint density at radius 2 is 2.32 bits per heavy atom. The van der Waals surface area contributed by atoms with Crippen LogP contribution in [-0.4, -0.2) is 14.5 Å². The molecule has 4 nitrogen and oxygen atoms in total. The molecule has 5 heteroatoms. The largest absolute Gasteiger partial charge is 0.469 e. The standard InChI is InChI=1S/C14H14ClN3O/c1-10(7-11-3-2-6-19-11)18-13-4-5-16-9-12(13)17-14(18)8-15/h2-6,9-10H,7-8H2,1H3. The second-order valence-corrected chi connectivity index (χ2v) is 4.80. The zero-order valence-corrected chi connectivity index (χ0v) is 11.3. The van der Waals surface area contributed by atoms with Gasteiger partial charge in [0, 0.05) is 18.7 Å². The van der Waals surface area contributed by atoms with Gasteiger partial charge >= 0.3 is 0 Å². The summed E-state index contributed by atoms with van der Waals surface area (Å²) in [7, 11) is 0. The van der Waals surface area contributed by atoms with Crippen molar-refractivity contribution < 1.29 is 4.42 Å². The van der Waals surface area contributed by atoms with Gasteiger partial charge in [-0.3, -0.25) is 4.98 Å². The molecule has 0 amide bonds. The number of rotatable bonds is 4. The Morgan fingerprint density at radius 1 is 1.42 bits per heavy atom. The summed E-state index contributed by atoms with van der Waals surface area (Å²) in [5, 5.41) is 0. The molecule has 3 aromatic rings. The Morgan fingerprint density at radius 3 is 3.05 bits per heavy atom. The summed E-state index contributed by atoms with van der Waals surface area (Å²) in [4.78, 5) is 8.62. The summed E-state index contributed by atoms with van der Waals surface area (Å²) >= 11 is 6.00. The summed E-state index contributed by atoms with van der Waals surface area (Å²) in [5.74, 6) is 2.21. The van der Waals surface area contributed by atoms with Gasteiger partial charge in [-0.25, -0.2) is 4.98 Å². The normalized spacial score (nSPS) is 12.9. The van der Waals surface area contributed by atoms with Crippen molar-refractivity contribution in [2.75, 3.05) is 0 Å². The molecule has 0 aliphatic heterocycles. The summed E-state index contributed by atoms with van der Waals surface area (Å²) in [5.41, 5.74) is 1.94. The number of hydrogen-bond donors (Lipinski definition) is 0. The highest BCUT2D eigenvalue weighted by atomic mass is 35.5. The SMILES string of the molecule is CC(Cc1ccco1)n1c(CCl)nc2cnccc21. The Balaban J connectivity index is 2.02. The van der Waals surface area contributed by atoms with Crippen molar-refractivity contribution in [2.45, 2.75) is 25.3 Å². The van der Waals surface area contributed by atoms with Crippen LogP contribution in [0.15, 0.2) is 41.3 Å². The fourth-order valence-electron chi connectivity index (χ4n) is 2.40. The van der Waals surface area contributed by atoms with E-state index < -0.39 is 0 Å². The van der Waals surface area contributed by atoms with Crippen LogP contribution < -0.4 is 0 Å². The van der Waals surface area contributed by atoms with Crippen molar-refractivity contribution in [2.24, 2.45) is 0 Å². The Kier molecular flexibility index (Phi) is 3.25. The topological polar surface area (TPSA) is 43.9 Å². The number of imidazole rings is 1. The second-order valence-electron chi connectivity index (χ2n) is 4.53. The van der Waals surface area contributed by atoms with E-state index in [-0.39, 0.29) is 6.04 Å². The Bertz CT molecular complexity index is 675. The zero-order chi connectivity index (χ0) is 13.2. The lowest BCUT2D eigenvalue weighted by atomic mass is 10.2. The molecular weight excluding hydrogens is 262 g/mol. The maximum absolute atomic E-state index is 6.00. The minimum atomic E-state index is 0.229. The highest BCUT2D eigenvalue weighted by Crippen LogP contribution is 2.24. The van der Waals surface area contributed by atoms with Crippen LogP contribution in [0.1, 0.15) is 24.6 Å². The number of fused-ring (bicyclic) bond motifs is 1. The lowest BCUT2D eigenvalue weighted by Crippen LogP contribution is -2.10. The monoisotopic (exact) mass is 275 g/mol. The van der Waals surface area contributed by atoms with Gasteiger partial charge in [0.2, 0.25) is 0 Å². The molecule has 0 aliphatic rings. The molecule has 3 rings (SSSR count). The van der Waals surface area contributed by atoms with Crippen LogP contribution in [0.3, 0.4) is 0 Å². The predicted molar refractivity (Wildman–Crippen MR) is 74.2 cm³/mol. The quantitative estimate of drug-likeness (QED) is 0.684. The van der Waals surface area contributed by atoms with Crippen LogP contribution in [-0.2, 0) is 12.3 Å². The number of furan rings is 1. The first-order valence-corrected chi connectivity index (χ1v) is 6.72. The first-order valence-electron chi connectivity index (χ1n) is 6.18. The van der Waals surface area contributed by atoms with Gasteiger partial charge in [-0.1, -0.05) is 0 Å². The molecule has 0 radical (unpaired) electrons. The average molecular weight is 276 g/mol. The van der Waals surface area contributed by atoms with Crippen LogP contribution in [0.4, 0.5) is 0 Å².